The van der Waals surface area contributed by atoms with Gasteiger partial charge in [0.1, 0.15) is 5.60 Å². The van der Waals surface area contributed by atoms with Crippen LogP contribution in [0.5, 0.6) is 0 Å². The predicted molar refractivity (Wildman–Crippen MR) is 114 cm³/mol. The standard InChI is InChI=1S/C24H27NO4/c1-5-28-22(26)10-8-18-13-19(9-11-23(27)29-24(2,3)4)15-21(14-18)16-20-7-6-12-25-17-20/h6-15,17H,5,16H2,1-4H3. The number of rotatable bonds is 7. The number of esters is 2. The Morgan fingerprint density at radius 1 is 1.00 bits per heavy atom. The quantitative estimate of drug-likeness (QED) is 0.508. The summed E-state index contributed by atoms with van der Waals surface area (Å²) in [5.41, 5.74) is 3.23. The fourth-order valence-electron chi connectivity index (χ4n) is 2.63. The Balaban J connectivity index is 2.28. The van der Waals surface area contributed by atoms with E-state index in [9.17, 15) is 9.59 Å². The smallest absolute Gasteiger partial charge is 0.331 e. The normalized spacial score (nSPS) is 11.7. The number of aromatic nitrogens is 1. The van der Waals surface area contributed by atoms with Crippen molar-refractivity contribution in [3.05, 3.63) is 77.1 Å². The first-order valence-electron chi connectivity index (χ1n) is 9.54. The minimum atomic E-state index is -0.545. The summed E-state index contributed by atoms with van der Waals surface area (Å²) in [6.07, 6.45) is 10.5. The molecule has 2 rings (SSSR count). The largest absolute Gasteiger partial charge is 0.463 e. The highest BCUT2D eigenvalue weighted by Gasteiger charge is 2.13. The van der Waals surface area contributed by atoms with Crippen molar-refractivity contribution in [2.75, 3.05) is 6.61 Å². The van der Waals surface area contributed by atoms with Gasteiger partial charge in [-0.15, -0.1) is 0 Å². The van der Waals surface area contributed by atoms with E-state index in [-0.39, 0.29) is 0 Å². The van der Waals surface area contributed by atoms with E-state index >= 15 is 0 Å². The van der Waals surface area contributed by atoms with Gasteiger partial charge in [-0.25, -0.2) is 9.59 Å². The number of hydrogen-bond donors (Lipinski definition) is 0. The van der Waals surface area contributed by atoms with Crippen molar-refractivity contribution < 1.29 is 19.1 Å². The lowest BCUT2D eigenvalue weighted by atomic mass is 10.00. The predicted octanol–water partition coefficient (Wildman–Crippen LogP) is 4.60. The van der Waals surface area contributed by atoms with Crippen LogP contribution in [0, 0.1) is 0 Å². The maximum absolute atomic E-state index is 12.0. The number of ether oxygens (including phenoxy) is 2. The molecule has 0 spiro atoms. The van der Waals surface area contributed by atoms with Gasteiger partial charge in [0.15, 0.2) is 0 Å². The van der Waals surface area contributed by atoms with E-state index in [2.05, 4.69) is 4.98 Å². The van der Waals surface area contributed by atoms with Crippen molar-refractivity contribution in [2.45, 2.75) is 39.7 Å². The molecule has 1 aromatic heterocycles. The zero-order valence-corrected chi connectivity index (χ0v) is 17.3. The molecular weight excluding hydrogens is 366 g/mol. The molecule has 0 fully saturated rings. The summed E-state index contributed by atoms with van der Waals surface area (Å²) < 4.78 is 10.2. The van der Waals surface area contributed by atoms with Crippen LogP contribution < -0.4 is 0 Å². The number of hydrogen-bond acceptors (Lipinski definition) is 5. The van der Waals surface area contributed by atoms with Crippen molar-refractivity contribution in [1.29, 1.82) is 0 Å². The fraction of sp³-hybridized carbons (Fsp3) is 0.292. The summed E-state index contributed by atoms with van der Waals surface area (Å²) in [4.78, 5) is 27.8. The van der Waals surface area contributed by atoms with Crippen molar-refractivity contribution in [3.63, 3.8) is 0 Å². The van der Waals surface area contributed by atoms with Gasteiger partial charge in [-0.2, -0.15) is 0 Å². The molecule has 0 atom stereocenters. The molecule has 0 aliphatic heterocycles. The summed E-state index contributed by atoms with van der Waals surface area (Å²) in [6.45, 7) is 7.57. The van der Waals surface area contributed by atoms with Gasteiger partial charge >= 0.3 is 11.9 Å². The Bertz CT molecular complexity index is 893. The summed E-state index contributed by atoms with van der Waals surface area (Å²) in [7, 11) is 0. The second kappa shape index (κ2) is 10.4. The van der Waals surface area contributed by atoms with Crippen LogP contribution in [-0.4, -0.2) is 29.1 Å². The highest BCUT2D eigenvalue weighted by molar-refractivity contribution is 5.88. The van der Waals surface area contributed by atoms with E-state index in [0.717, 1.165) is 22.3 Å². The van der Waals surface area contributed by atoms with Crippen LogP contribution in [0.1, 0.15) is 49.9 Å². The van der Waals surface area contributed by atoms with Crippen LogP contribution in [-0.2, 0) is 25.5 Å². The van der Waals surface area contributed by atoms with Crippen molar-refractivity contribution >= 4 is 24.1 Å². The Morgan fingerprint density at radius 3 is 2.21 bits per heavy atom. The fourth-order valence-corrected chi connectivity index (χ4v) is 2.63. The van der Waals surface area contributed by atoms with Crippen LogP contribution in [0.15, 0.2) is 54.9 Å². The number of benzene rings is 1. The lowest BCUT2D eigenvalue weighted by Gasteiger charge is -2.17. The van der Waals surface area contributed by atoms with Gasteiger partial charge in [0.25, 0.3) is 0 Å². The molecule has 0 saturated carbocycles. The molecule has 29 heavy (non-hydrogen) atoms. The third kappa shape index (κ3) is 8.56. The summed E-state index contributed by atoms with van der Waals surface area (Å²) >= 11 is 0. The topological polar surface area (TPSA) is 65.5 Å². The molecule has 0 saturated heterocycles. The minimum Gasteiger partial charge on any atom is -0.463 e. The SMILES string of the molecule is CCOC(=O)C=Cc1cc(C=CC(=O)OC(C)(C)C)cc(Cc2cccnc2)c1. The van der Waals surface area contributed by atoms with Gasteiger partial charge in [0.2, 0.25) is 0 Å². The lowest BCUT2D eigenvalue weighted by molar-refractivity contribution is -0.148. The molecule has 5 nitrogen and oxygen atoms in total. The zero-order chi connectivity index (χ0) is 21.3. The van der Waals surface area contributed by atoms with Gasteiger partial charge in [0, 0.05) is 24.5 Å². The maximum Gasteiger partial charge on any atom is 0.331 e. The zero-order valence-electron chi connectivity index (χ0n) is 17.3. The van der Waals surface area contributed by atoms with E-state index < -0.39 is 17.5 Å². The van der Waals surface area contributed by atoms with Gasteiger partial charge in [-0.3, -0.25) is 4.98 Å². The number of carbonyl (C=O) groups excluding carboxylic acids is 2. The van der Waals surface area contributed by atoms with Crippen LogP contribution in [0.2, 0.25) is 0 Å². The summed E-state index contributed by atoms with van der Waals surface area (Å²) in [5, 5.41) is 0. The van der Waals surface area contributed by atoms with Crippen molar-refractivity contribution in [3.8, 4) is 0 Å². The molecule has 0 aliphatic rings. The van der Waals surface area contributed by atoms with Crippen LogP contribution in [0.3, 0.4) is 0 Å². The molecule has 1 heterocycles. The average molecular weight is 393 g/mol. The van der Waals surface area contributed by atoms with Gasteiger partial charge in [-0.05, 0) is 80.7 Å². The molecule has 0 N–H and O–H groups in total. The number of nitrogens with zero attached hydrogens (tertiary/aromatic N) is 1. The second-order valence-electron chi connectivity index (χ2n) is 7.50. The highest BCUT2D eigenvalue weighted by atomic mass is 16.6. The first kappa shape index (κ1) is 22.1. The molecule has 5 heteroatoms. The van der Waals surface area contributed by atoms with Gasteiger partial charge < -0.3 is 9.47 Å². The van der Waals surface area contributed by atoms with E-state index in [1.165, 1.54) is 12.2 Å². The average Bonchev–Trinajstić information content (AvgIpc) is 2.64. The first-order valence-corrected chi connectivity index (χ1v) is 9.54. The lowest BCUT2D eigenvalue weighted by Crippen LogP contribution is -2.22. The molecule has 0 bridgehead atoms. The van der Waals surface area contributed by atoms with Crippen LogP contribution in [0.4, 0.5) is 0 Å². The van der Waals surface area contributed by atoms with E-state index in [1.807, 2.05) is 57.3 Å². The van der Waals surface area contributed by atoms with Gasteiger partial charge in [-0.1, -0.05) is 18.2 Å². The van der Waals surface area contributed by atoms with Crippen LogP contribution in [0.25, 0.3) is 12.2 Å². The Kier molecular flexibility index (Phi) is 7.89. The number of pyridine rings is 1. The summed E-state index contributed by atoms with van der Waals surface area (Å²) in [5.74, 6) is -0.796. The van der Waals surface area contributed by atoms with Crippen molar-refractivity contribution in [2.24, 2.45) is 0 Å². The second-order valence-corrected chi connectivity index (χ2v) is 7.50. The molecule has 0 unspecified atom stereocenters. The molecule has 0 radical (unpaired) electrons. The third-order valence-corrected chi connectivity index (χ3v) is 3.69. The Labute approximate surface area is 172 Å². The van der Waals surface area contributed by atoms with E-state index in [4.69, 9.17) is 9.47 Å². The molecule has 152 valence electrons. The van der Waals surface area contributed by atoms with Crippen LogP contribution >= 0.6 is 0 Å². The summed E-state index contributed by atoms with van der Waals surface area (Å²) in [6, 6.07) is 9.78. The molecule has 0 amide bonds. The highest BCUT2D eigenvalue weighted by Crippen LogP contribution is 2.17. The molecule has 0 aliphatic carbocycles. The molecule has 2 aromatic rings. The van der Waals surface area contributed by atoms with E-state index in [0.29, 0.717) is 13.0 Å². The maximum atomic E-state index is 12.0. The monoisotopic (exact) mass is 393 g/mol. The third-order valence-electron chi connectivity index (χ3n) is 3.69. The Morgan fingerprint density at radius 2 is 1.66 bits per heavy atom. The first-order chi connectivity index (χ1) is 13.7. The van der Waals surface area contributed by atoms with Gasteiger partial charge in [0.05, 0.1) is 6.61 Å². The minimum absolute atomic E-state index is 0.327. The number of carbonyl (C=O) groups is 2. The molecule has 1 aromatic carbocycles. The van der Waals surface area contributed by atoms with E-state index in [1.54, 1.807) is 25.3 Å². The Hall–Kier alpha value is -3.21. The molecular formula is C24H27NO4. The van der Waals surface area contributed by atoms with Crippen molar-refractivity contribution in [1.82, 2.24) is 4.98 Å².